The fourth-order valence-electron chi connectivity index (χ4n) is 2.18. The Hall–Kier alpha value is -0.120. The Kier molecular flexibility index (Phi) is 2.72. The summed E-state index contributed by atoms with van der Waals surface area (Å²) in [7, 11) is 0. The zero-order valence-electron chi connectivity index (χ0n) is 8.62. The van der Waals surface area contributed by atoms with Crippen molar-refractivity contribution in [3.8, 4) is 0 Å². The smallest absolute Gasteiger partial charge is 0.192 e. The molecule has 0 aliphatic heterocycles. The minimum absolute atomic E-state index is 0.130. The maximum absolute atomic E-state index is 10.1. The van der Waals surface area contributed by atoms with Gasteiger partial charge in [0.15, 0.2) is 5.79 Å². The highest BCUT2D eigenvalue weighted by Gasteiger charge is 2.53. The van der Waals surface area contributed by atoms with Crippen LogP contribution < -0.4 is 0 Å². The Morgan fingerprint density at radius 2 is 1.77 bits per heavy atom. The summed E-state index contributed by atoms with van der Waals surface area (Å²) in [4.78, 5) is 0. The molecular formula is C10H20O3. The van der Waals surface area contributed by atoms with Gasteiger partial charge in [-0.2, -0.15) is 0 Å². The van der Waals surface area contributed by atoms with Crippen LogP contribution in [0, 0.1) is 11.8 Å². The molecule has 1 saturated carbocycles. The van der Waals surface area contributed by atoms with Crippen LogP contribution in [0.25, 0.3) is 0 Å². The monoisotopic (exact) mass is 188 g/mol. The number of hydrogen-bond donors (Lipinski definition) is 3. The standard InChI is InChI=1S/C10H20O3/c1-7(2)9(11)5-4-8(3)6-10(9,12)13/h7-8,11-13H,4-6H2,1-3H3. The van der Waals surface area contributed by atoms with Crippen LogP contribution in [0.5, 0.6) is 0 Å². The molecule has 0 saturated heterocycles. The molecule has 3 N–H and O–H groups in total. The van der Waals surface area contributed by atoms with Gasteiger partial charge in [0.2, 0.25) is 0 Å². The van der Waals surface area contributed by atoms with Crippen molar-refractivity contribution in [2.75, 3.05) is 0 Å². The normalized spacial score (nSPS) is 39.5. The van der Waals surface area contributed by atoms with Gasteiger partial charge in [-0.3, -0.25) is 0 Å². The van der Waals surface area contributed by atoms with Gasteiger partial charge >= 0.3 is 0 Å². The summed E-state index contributed by atoms with van der Waals surface area (Å²) in [6.07, 6.45) is 1.60. The van der Waals surface area contributed by atoms with E-state index in [0.29, 0.717) is 6.42 Å². The van der Waals surface area contributed by atoms with Gasteiger partial charge in [-0.25, -0.2) is 0 Å². The largest absolute Gasteiger partial charge is 0.384 e. The second-order valence-electron chi connectivity index (χ2n) is 4.74. The fourth-order valence-corrected chi connectivity index (χ4v) is 2.18. The molecule has 1 rings (SSSR count). The van der Waals surface area contributed by atoms with Crippen molar-refractivity contribution in [3.63, 3.8) is 0 Å². The first kappa shape index (κ1) is 11.0. The quantitative estimate of drug-likeness (QED) is 0.535. The van der Waals surface area contributed by atoms with E-state index in [0.717, 1.165) is 6.42 Å². The minimum Gasteiger partial charge on any atom is -0.384 e. The van der Waals surface area contributed by atoms with Gasteiger partial charge in [0.05, 0.1) is 0 Å². The Morgan fingerprint density at radius 3 is 2.15 bits per heavy atom. The maximum atomic E-state index is 10.1. The van der Waals surface area contributed by atoms with Crippen LogP contribution in [0.2, 0.25) is 0 Å². The SMILES string of the molecule is CC1CCC(O)(C(C)C)C(O)(O)C1. The molecule has 1 aliphatic carbocycles. The van der Waals surface area contributed by atoms with E-state index in [1.807, 2.05) is 20.8 Å². The van der Waals surface area contributed by atoms with E-state index in [1.165, 1.54) is 0 Å². The molecule has 0 heterocycles. The second kappa shape index (κ2) is 3.23. The predicted octanol–water partition coefficient (Wildman–Crippen LogP) is 0.874. The Balaban J connectivity index is 2.86. The lowest BCUT2D eigenvalue weighted by Crippen LogP contribution is -2.60. The highest BCUT2D eigenvalue weighted by molar-refractivity contribution is 4.98. The molecule has 0 spiro atoms. The molecule has 0 radical (unpaired) electrons. The van der Waals surface area contributed by atoms with Crippen molar-refractivity contribution in [2.45, 2.75) is 51.4 Å². The van der Waals surface area contributed by atoms with Crippen LogP contribution in [0.4, 0.5) is 0 Å². The van der Waals surface area contributed by atoms with E-state index >= 15 is 0 Å². The third kappa shape index (κ3) is 1.73. The van der Waals surface area contributed by atoms with E-state index < -0.39 is 11.4 Å². The third-order valence-electron chi connectivity index (χ3n) is 3.30. The second-order valence-corrected chi connectivity index (χ2v) is 4.74. The summed E-state index contributed by atoms with van der Waals surface area (Å²) in [5.74, 6) is -1.78. The summed E-state index contributed by atoms with van der Waals surface area (Å²) < 4.78 is 0. The Morgan fingerprint density at radius 1 is 1.23 bits per heavy atom. The van der Waals surface area contributed by atoms with E-state index in [4.69, 9.17) is 0 Å². The van der Waals surface area contributed by atoms with Gasteiger partial charge in [0, 0.05) is 6.42 Å². The molecule has 78 valence electrons. The first-order valence-corrected chi connectivity index (χ1v) is 4.97. The van der Waals surface area contributed by atoms with Crippen molar-refractivity contribution in [1.29, 1.82) is 0 Å². The van der Waals surface area contributed by atoms with Crippen LogP contribution in [0.15, 0.2) is 0 Å². The first-order chi connectivity index (χ1) is 5.79. The van der Waals surface area contributed by atoms with E-state index in [9.17, 15) is 15.3 Å². The van der Waals surface area contributed by atoms with Crippen molar-refractivity contribution in [1.82, 2.24) is 0 Å². The zero-order valence-corrected chi connectivity index (χ0v) is 8.62. The average Bonchev–Trinajstić information content (AvgIpc) is 1.96. The van der Waals surface area contributed by atoms with Gasteiger partial charge in [-0.15, -0.1) is 0 Å². The summed E-state index contributed by atoms with van der Waals surface area (Å²) in [6.45, 7) is 5.61. The molecule has 1 fully saturated rings. The number of rotatable bonds is 1. The molecule has 3 heteroatoms. The van der Waals surface area contributed by atoms with E-state index in [1.54, 1.807) is 0 Å². The summed E-state index contributed by atoms with van der Waals surface area (Å²) in [5, 5.41) is 29.6. The zero-order chi connectivity index (χ0) is 10.3. The van der Waals surface area contributed by atoms with Crippen LogP contribution in [0.3, 0.4) is 0 Å². The molecule has 0 aromatic carbocycles. The maximum Gasteiger partial charge on any atom is 0.192 e. The van der Waals surface area contributed by atoms with Crippen molar-refractivity contribution >= 4 is 0 Å². The van der Waals surface area contributed by atoms with Gasteiger partial charge in [-0.1, -0.05) is 20.8 Å². The molecule has 1 aliphatic rings. The molecule has 3 nitrogen and oxygen atoms in total. The fraction of sp³-hybridized carbons (Fsp3) is 1.00. The average molecular weight is 188 g/mol. The lowest BCUT2D eigenvalue weighted by atomic mass is 9.69. The lowest BCUT2D eigenvalue weighted by molar-refractivity contribution is -0.311. The first-order valence-electron chi connectivity index (χ1n) is 4.97. The molecule has 0 amide bonds. The number of aliphatic hydroxyl groups is 3. The highest BCUT2D eigenvalue weighted by Crippen LogP contribution is 2.42. The Labute approximate surface area is 79.4 Å². The van der Waals surface area contributed by atoms with Gasteiger partial charge < -0.3 is 15.3 Å². The summed E-state index contributed by atoms with van der Waals surface area (Å²) in [6, 6.07) is 0. The third-order valence-corrected chi connectivity index (χ3v) is 3.30. The van der Waals surface area contributed by atoms with Crippen molar-refractivity contribution < 1.29 is 15.3 Å². The molecule has 0 aromatic heterocycles. The van der Waals surface area contributed by atoms with Crippen LogP contribution >= 0.6 is 0 Å². The molecular weight excluding hydrogens is 168 g/mol. The van der Waals surface area contributed by atoms with Crippen LogP contribution in [0.1, 0.15) is 40.0 Å². The lowest BCUT2D eigenvalue weighted by Gasteiger charge is -2.47. The van der Waals surface area contributed by atoms with Crippen molar-refractivity contribution in [3.05, 3.63) is 0 Å². The van der Waals surface area contributed by atoms with E-state index in [2.05, 4.69) is 0 Å². The molecule has 0 bridgehead atoms. The number of hydrogen-bond acceptors (Lipinski definition) is 3. The van der Waals surface area contributed by atoms with Crippen LogP contribution in [-0.2, 0) is 0 Å². The molecule has 2 atom stereocenters. The Bertz CT molecular complexity index is 189. The van der Waals surface area contributed by atoms with Crippen LogP contribution in [-0.4, -0.2) is 26.7 Å². The van der Waals surface area contributed by atoms with Gasteiger partial charge in [-0.05, 0) is 24.7 Å². The van der Waals surface area contributed by atoms with Gasteiger partial charge in [0.1, 0.15) is 5.60 Å². The van der Waals surface area contributed by atoms with Gasteiger partial charge in [0.25, 0.3) is 0 Å². The highest BCUT2D eigenvalue weighted by atomic mass is 16.5. The topological polar surface area (TPSA) is 60.7 Å². The molecule has 0 aromatic rings. The predicted molar refractivity (Wildman–Crippen MR) is 50.0 cm³/mol. The minimum atomic E-state index is -1.92. The molecule has 2 unspecified atom stereocenters. The van der Waals surface area contributed by atoms with E-state index in [-0.39, 0.29) is 18.3 Å². The summed E-state index contributed by atoms with van der Waals surface area (Å²) in [5.41, 5.74) is -1.33. The molecule has 13 heavy (non-hydrogen) atoms. The van der Waals surface area contributed by atoms with Crippen molar-refractivity contribution in [2.24, 2.45) is 11.8 Å². The summed E-state index contributed by atoms with van der Waals surface area (Å²) >= 11 is 0.